The fraction of sp³-hybridized carbons (Fsp3) is 0.909. The molecular formula is C11H24N2O. The van der Waals surface area contributed by atoms with E-state index in [4.69, 9.17) is 5.73 Å². The monoisotopic (exact) mass is 200 g/mol. The lowest BCUT2D eigenvalue weighted by Gasteiger charge is -2.41. The molecule has 0 aliphatic heterocycles. The average Bonchev–Trinajstić information content (AvgIpc) is 1.95. The van der Waals surface area contributed by atoms with Crippen molar-refractivity contribution < 1.29 is 4.79 Å². The van der Waals surface area contributed by atoms with Crippen LogP contribution in [0.25, 0.3) is 0 Å². The molecule has 0 bridgehead atoms. The Morgan fingerprint density at radius 3 is 1.86 bits per heavy atom. The standard InChI is InChI=1S/C11H24N2O/c1-7-13(11(4,5)6)9(8(2)3)10(12)14/h8-9H,7H2,1-6H3,(H2,12,14). The summed E-state index contributed by atoms with van der Waals surface area (Å²) >= 11 is 0. The Hall–Kier alpha value is -0.570. The second-order valence-electron chi connectivity index (χ2n) is 5.05. The van der Waals surface area contributed by atoms with Crippen molar-refractivity contribution in [1.29, 1.82) is 0 Å². The van der Waals surface area contributed by atoms with Gasteiger partial charge in [0.25, 0.3) is 0 Å². The van der Waals surface area contributed by atoms with Gasteiger partial charge in [-0.15, -0.1) is 0 Å². The molecular weight excluding hydrogens is 176 g/mol. The zero-order chi connectivity index (χ0) is 11.5. The van der Waals surface area contributed by atoms with Crippen LogP contribution < -0.4 is 5.73 Å². The molecule has 0 saturated carbocycles. The number of rotatable bonds is 4. The number of amides is 1. The maximum absolute atomic E-state index is 11.4. The molecule has 0 radical (unpaired) electrons. The van der Waals surface area contributed by atoms with Gasteiger partial charge in [-0.3, -0.25) is 9.69 Å². The smallest absolute Gasteiger partial charge is 0.235 e. The maximum Gasteiger partial charge on any atom is 0.235 e. The predicted octanol–water partition coefficient (Wildman–Crippen LogP) is 1.62. The first-order valence-corrected chi connectivity index (χ1v) is 5.27. The highest BCUT2D eigenvalue weighted by Gasteiger charge is 2.32. The Labute approximate surface area is 87.6 Å². The van der Waals surface area contributed by atoms with Crippen LogP contribution in [0.4, 0.5) is 0 Å². The molecule has 1 unspecified atom stereocenters. The van der Waals surface area contributed by atoms with Gasteiger partial charge in [0.2, 0.25) is 5.91 Å². The molecule has 0 aliphatic carbocycles. The van der Waals surface area contributed by atoms with Gasteiger partial charge in [0, 0.05) is 5.54 Å². The van der Waals surface area contributed by atoms with Crippen molar-refractivity contribution in [2.75, 3.05) is 6.54 Å². The van der Waals surface area contributed by atoms with Gasteiger partial charge in [-0.1, -0.05) is 20.8 Å². The number of likely N-dealkylation sites (N-methyl/N-ethyl adjacent to an activating group) is 1. The molecule has 0 aromatic carbocycles. The van der Waals surface area contributed by atoms with E-state index in [1.165, 1.54) is 0 Å². The summed E-state index contributed by atoms with van der Waals surface area (Å²) in [7, 11) is 0. The van der Waals surface area contributed by atoms with Gasteiger partial charge >= 0.3 is 0 Å². The Bertz CT molecular complexity index is 194. The summed E-state index contributed by atoms with van der Waals surface area (Å²) in [6, 6.07) is -0.167. The third-order valence-electron chi connectivity index (χ3n) is 2.46. The molecule has 14 heavy (non-hydrogen) atoms. The van der Waals surface area contributed by atoms with Crippen LogP contribution in [0.3, 0.4) is 0 Å². The molecule has 0 aromatic heterocycles. The number of nitrogens with two attached hydrogens (primary N) is 1. The normalized spacial score (nSPS) is 14.9. The highest BCUT2D eigenvalue weighted by molar-refractivity contribution is 5.80. The summed E-state index contributed by atoms with van der Waals surface area (Å²) in [5.41, 5.74) is 5.42. The molecule has 0 aliphatic rings. The molecule has 84 valence electrons. The minimum Gasteiger partial charge on any atom is -0.368 e. The zero-order valence-electron chi connectivity index (χ0n) is 10.3. The third-order valence-corrected chi connectivity index (χ3v) is 2.46. The van der Waals surface area contributed by atoms with Crippen molar-refractivity contribution in [3.63, 3.8) is 0 Å². The van der Waals surface area contributed by atoms with Crippen LogP contribution in [0.5, 0.6) is 0 Å². The lowest BCUT2D eigenvalue weighted by atomic mass is 9.95. The summed E-state index contributed by atoms with van der Waals surface area (Å²) < 4.78 is 0. The van der Waals surface area contributed by atoms with Crippen LogP contribution in [0.15, 0.2) is 0 Å². The average molecular weight is 200 g/mol. The topological polar surface area (TPSA) is 46.3 Å². The van der Waals surface area contributed by atoms with Crippen LogP contribution in [-0.4, -0.2) is 28.9 Å². The van der Waals surface area contributed by atoms with Crippen molar-refractivity contribution in [2.45, 2.75) is 53.1 Å². The number of primary amides is 1. The van der Waals surface area contributed by atoms with E-state index in [1.807, 2.05) is 13.8 Å². The first-order valence-electron chi connectivity index (χ1n) is 5.27. The van der Waals surface area contributed by atoms with Crippen molar-refractivity contribution in [3.05, 3.63) is 0 Å². The van der Waals surface area contributed by atoms with Crippen molar-refractivity contribution in [1.82, 2.24) is 4.90 Å². The summed E-state index contributed by atoms with van der Waals surface area (Å²) in [6.45, 7) is 13.3. The second-order valence-corrected chi connectivity index (χ2v) is 5.05. The zero-order valence-corrected chi connectivity index (χ0v) is 10.3. The number of nitrogens with zero attached hydrogens (tertiary/aromatic N) is 1. The van der Waals surface area contributed by atoms with Crippen LogP contribution in [0.1, 0.15) is 41.5 Å². The lowest BCUT2D eigenvalue weighted by Crippen LogP contribution is -2.55. The Kier molecular flexibility index (Phi) is 4.59. The highest BCUT2D eigenvalue weighted by Crippen LogP contribution is 2.21. The number of carbonyl (C=O) groups is 1. The van der Waals surface area contributed by atoms with E-state index in [2.05, 4.69) is 32.6 Å². The largest absolute Gasteiger partial charge is 0.368 e. The first-order chi connectivity index (χ1) is 6.21. The van der Waals surface area contributed by atoms with E-state index in [0.29, 0.717) is 0 Å². The van der Waals surface area contributed by atoms with Gasteiger partial charge in [0.1, 0.15) is 0 Å². The Balaban J connectivity index is 4.87. The van der Waals surface area contributed by atoms with E-state index >= 15 is 0 Å². The van der Waals surface area contributed by atoms with Crippen molar-refractivity contribution in [3.8, 4) is 0 Å². The fourth-order valence-corrected chi connectivity index (χ4v) is 1.93. The minimum absolute atomic E-state index is 0.0152. The Morgan fingerprint density at radius 2 is 1.79 bits per heavy atom. The summed E-state index contributed by atoms with van der Waals surface area (Å²) in [5.74, 6) is 0.0310. The molecule has 3 heteroatoms. The number of hydrogen-bond acceptors (Lipinski definition) is 2. The molecule has 0 heterocycles. The van der Waals surface area contributed by atoms with Gasteiger partial charge in [-0.2, -0.15) is 0 Å². The molecule has 3 nitrogen and oxygen atoms in total. The van der Waals surface area contributed by atoms with E-state index in [9.17, 15) is 4.79 Å². The van der Waals surface area contributed by atoms with E-state index in [0.717, 1.165) is 6.54 Å². The molecule has 0 rings (SSSR count). The molecule has 0 saturated heterocycles. The minimum atomic E-state index is -0.225. The van der Waals surface area contributed by atoms with E-state index in [-0.39, 0.29) is 23.4 Å². The van der Waals surface area contributed by atoms with Crippen molar-refractivity contribution >= 4 is 5.91 Å². The summed E-state index contributed by atoms with van der Waals surface area (Å²) in [4.78, 5) is 13.5. The van der Waals surface area contributed by atoms with Crippen LogP contribution in [0, 0.1) is 5.92 Å². The molecule has 0 aromatic rings. The van der Waals surface area contributed by atoms with Gasteiger partial charge < -0.3 is 5.73 Å². The van der Waals surface area contributed by atoms with Gasteiger partial charge in [0.15, 0.2) is 0 Å². The van der Waals surface area contributed by atoms with Gasteiger partial charge in [-0.05, 0) is 33.2 Å². The molecule has 2 N–H and O–H groups in total. The number of carbonyl (C=O) groups excluding carboxylic acids is 1. The third kappa shape index (κ3) is 3.29. The second kappa shape index (κ2) is 4.78. The molecule has 0 spiro atoms. The quantitative estimate of drug-likeness (QED) is 0.749. The summed E-state index contributed by atoms with van der Waals surface area (Å²) in [6.07, 6.45) is 0. The van der Waals surface area contributed by atoms with Gasteiger partial charge in [0.05, 0.1) is 6.04 Å². The van der Waals surface area contributed by atoms with E-state index in [1.54, 1.807) is 0 Å². The fourth-order valence-electron chi connectivity index (χ4n) is 1.93. The molecule has 1 atom stereocenters. The predicted molar refractivity (Wildman–Crippen MR) is 60.0 cm³/mol. The highest BCUT2D eigenvalue weighted by atomic mass is 16.1. The SMILES string of the molecule is CCN(C(C(N)=O)C(C)C)C(C)(C)C. The Morgan fingerprint density at radius 1 is 1.36 bits per heavy atom. The maximum atomic E-state index is 11.4. The lowest BCUT2D eigenvalue weighted by molar-refractivity contribution is -0.127. The first kappa shape index (κ1) is 13.4. The van der Waals surface area contributed by atoms with Crippen LogP contribution in [0.2, 0.25) is 0 Å². The number of hydrogen-bond donors (Lipinski definition) is 1. The van der Waals surface area contributed by atoms with Gasteiger partial charge in [-0.25, -0.2) is 0 Å². The van der Waals surface area contributed by atoms with E-state index < -0.39 is 0 Å². The summed E-state index contributed by atoms with van der Waals surface area (Å²) in [5, 5.41) is 0. The molecule has 1 amide bonds. The van der Waals surface area contributed by atoms with Crippen LogP contribution >= 0.6 is 0 Å². The van der Waals surface area contributed by atoms with Crippen LogP contribution in [-0.2, 0) is 4.79 Å². The van der Waals surface area contributed by atoms with Crippen molar-refractivity contribution in [2.24, 2.45) is 11.7 Å². The molecule has 0 fully saturated rings.